The second-order valence-electron chi connectivity index (χ2n) is 4.23. The topological polar surface area (TPSA) is 63.5 Å². The first kappa shape index (κ1) is 14.4. The standard InChI is InChI=1S/C13H9BrClN3O2S/c14-9-4-3-7-18-12(8-16-13(9)18)17-21(19,20)11-6-2-1-5-10(11)15/h1-8,17H. The van der Waals surface area contributed by atoms with E-state index in [2.05, 4.69) is 25.6 Å². The molecule has 5 nitrogen and oxygen atoms in total. The lowest BCUT2D eigenvalue weighted by molar-refractivity contribution is 0.601. The number of pyridine rings is 1. The molecule has 0 aliphatic heterocycles. The Bertz CT molecular complexity index is 924. The van der Waals surface area contributed by atoms with Gasteiger partial charge >= 0.3 is 0 Å². The SMILES string of the molecule is O=S(=O)(Nc1cnc2c(Br)cccn12)c1ccccc1Cl. The Kier molecular flexibility index (Phi) is 3.64. The molecule has 0 spiro atoms. The van der Waals surface area contributed by atoms with Gasteiger partial charge in [-0.2, -0.15) is 0 Å². The Morgan fingerprint density at radius 1 is 1.19 bits per heavy atom. The highest BCUT2D eigenvalue weighted by Gasteiger charge is 2.19. The maximum Gasteiger partial charge on any atom is 0.264 e. The minimum Gasteiger partial charge on any atom is -0.285 e. The predicted octanol–water partition coefficient (Wildman–Crippen LogP) is 3.55. The van der Waals surface area contributed by atoms with Crippen molar-refractivity contribution in [1.82, 2.24) is 9.38 Å². The predicted molar refractivity (Wildman–Crippen MR) is 85.2 cm³/mol. The molecule has 3 rings (SSSR count). The fourth-order valence-electron chi connectivity index (χ4n) is 1.91. The number of nitrogens with one attached hydrogen (secondary N) is 1. The van der Waals surface area contributed by atoms with Crippen LogP contribution < -0.4 is 4.72 Å². The average molecular weight is 387 g/mol. The fraction of sp³-hybridized carbons (Fsp3) is 0. The molecular weight excluding hydrogens is 378 g/mol. The first-order valence-electron chi connectivity index (χ1n) is 5.88. The van der Waals surface area contributed by atoms with Crippen LogP contribution in [0, 0.1) is 0 Å². The molecule has 1 aromatic carbocycles. The van der Waals surface area contributed by atoms with Crippen LogP contribution >= 0.6 is 27.5 Å². The van der Waals surface area contributed by atoms with Crippen LogP contribution in [0.4, 0.5) is 5.82 Å². The Morgan fingerprint density at radius 2 is 1.95 bits per heavy atom. The highest BCUT2D eigenvalue weighted by Crippen LogP contribution is 2.25. The average Bonchev–Trinajstić information content (AvgIpc) is 2.83. The molecule has 0 aliphatic carbocycles. The van der Waals surface area contributed by atoms with Gasteiger partial charge in [0.1, 0.15) is 10.7 Å². The zero-order valence-corrected chi connectivity index (χ0v) is 13.7. The van der Waals surface area contributed by atoms with Crippen molar-refractivity contribution in [2.75, 3.05) is 4.72 Å². The highest BCUT2D eigenvalue weighted by atomic mass is 79.9. The maximum atomic E-state index is 12.4. The van der Waals surface area contributed by atoms with Gasteiger partial charge in [0.15, 0.2) is 5.65 Å². The third-order valence-corrected chi connectivity index (χ3v) is 5.33. The molecule has 1 N–H and O–H groups in total. The zero-order valence-electron chi connectivity index (χ0n) is 10.5. The van der Waals surface area contributed by atoms with Gasteiger partial charge in [0.2, 0.25) is 0 Å². The van der Waals surface area contributed by atoms with Gasteiger partial charge in [-0.3, -0.25) is 9.12 Å². The third-order valence-electron chi connectivity index (χ3n) is 2.85. The van der Waals surface area contributed by atoms with E-state index in [4.69, 9.17) is 11.6 Å². The van der Waals surface area contributed by atoms with Gasteiger partial charge in [-0.05, 0) is 40.2 Å². The van der Waals surface area contributed by atoms with Gasteiger partial charge in [0.25, 0.3) is 10.0 Å². The molecule has 0 bridgehead atoms. The molecule has 0 aliphatic rings. The van der Waals surface area contributed by atoms with Crippen LogP contribution in [-0.2, 0) is 10.0 Å². The fourth-order valence-corrected chi connectivity index (χ4v) is 3.91. The van der Waals surface area contributed by atoms with Crippen LogP contribution in [0.15, 0.2) is 58.2 Å². The van der Waals surface area contributed by atoms with Gasteiger partial charge in [-0.15, -0.1) is 0 Å². The Balaban J connectivity index is 2.06. The molecule has 0 saturated carbocycles. The lowest BCUT2D eigenvalue weighted by Crippen LogP contribution is -2.14. The molecular formula is C13H9BrClN3O2S. The summed E-state index contributed by atoms with van der Waals surface area (Å²) in [4.78, 5) is 4.20. The van der Waals surface area contributed by atoms with E-state index in [1.54, 1.807) is 28.8 Å². The quantitative estimate of drug-likeness (QED) is 0.749. The number of anilines is 1. The first-order chi connectivity index (χ1) is 9.99. The number of benzene rings is 1. The number of fused-ring (bicyclic) bond motifs is 1. The molecule has 0 unspecified atom stereocenters. The molecule has 2 heterocycles. The summed E-state index contributed by atoms with van der Waals surface area (Å²) in [5.41, 5.74) is 0.620. The van der Waals surface area contributed by atoms with E-state index in [1.165, 1.54) is 18.3 Å². The van der Waals surface area contributed by atoms with Crippen LogP contribution in [0.5, 0.6) is 0 Å². The number of rotatable bonds is 3. The number of hydrogen-bond acceptors (Lipinski definition) is 3. The Hall–Kier alpha value is -1.57. The van der Waals surface area contributed by atoms with Crippen LogP contribution in [0.2, 0.25) is 5.02 Å². The van der Waals surface area contributed by atoms with E-state index < -0.39 is 10.0 Å². The minimum absolute atomic E-state index is 0.0246. The molecule has 21 heavy (non-hydrogen) atoms. The lowest BCUT2D eigenvalue weighted by Gasteiger charge is -2.09. The summed E-state index contributed by atoms with van der Waals surface area (Å²) in [6.07, 6.45) is 3.17. The van der Waals surface area contributed by atoms with Crippen LogP contribution in [0.25, 0.3) is 5.65 Å². The second kappa shape index (κ2) is 5.32. The van der Waals surface area contributed by atoms with Crippen LogP contribution in [-0.4, -0.2) is 17.8 Å². The van der Waals surface area contributed by atoms with Gasteiger partial charge in [0, 0.05) is 6.20 Å². The second-order valence-corrected chi connectivity index (χ2v) is 7.14. The zero-order chi connectivity index (χ0) is 15.0. The van der Waals surface area contributed by atoms with Crippen molar-refractivity contribution in [1.29, 1.82) is 0 Å². The van der Waals surface area contributed by atoms with E-state index in [-0.39, 0.29) is 9.92 Å². The van der Waals surface area contributed by atoms with Crippen molar-refractivity contribution in [2.24, 2.45) is 0 Å². The maximum absolute atomic E-state index is 12.4. The molecule has 108 valence electrons. The van der Waals surface area contributed by atoms with Crippen LogP contribution in [0.1, 0.15) is 0 Å². The Morgan fingerprint density at radius 3 is 2.71 bits per heavy atom. The van der Waals surface area contributed by atoms with Gasteiger partial charge in [-0.1, -0.05) is 23.7 Å². The Labute approximate surface area is 134 Å². The molecule has 0 radical (unpaired) electrons. The van der Waals surface area contributed by atoms with E-state index in [0.717, 1.165) is 4.47 Å². The summed E-state index contributed by atoms with van der Waals surface area (Å²) in [6.45, 7) is 0. The first-order valence-corrected chi connectivity index (χ1v) is 8.53. The molecule has 3 aromatic rings. The van der Waals surface area contributed by atoms with E-state index in [0.29, 0.717) is 11.5 Å². The molecule has 0 amide bonds. The number of nitrogens with zero attached hydrogens (tertiary/aromatic N) is 2. The summed E-state index contributed by atoms with van der Waals surface area (Å²) in [7, 11) is -3.78. The van der Waals surface area contributed by atoms with Crippen molar-refractivity contribution in [3.63, 3.8) is 0 Å². The van der Waals surface area contributed by atoms with Gasteiger partial charge in [0.05, 0.1) is 15.7 Å². The summed E-state index contributed by atoms with van der Waals surface area (Å²) in [5.74, 6) is 0.339. The number of halogens is 2. The van der Waals surface area contributed by atoms with Crippen LogP contribution in [0.3, 0.4) is 0 Å². The van der Waals surface area contributed by atoms with Gasteiger partial charge < -0.3 is 0 Å². The van der Waals surface area contributed by atoms with Crippen molar-refractivity contribution in [3.05, 3.63) is 58.3 Å². The van der Waals surface area contributed by atoms with E-state index in [1.807, 2.05) is 6.07 Å². The summed E-state index contributed by atoms with van der Waals surface area (Å²) in [6, 6.07) is 9.88. The summed E-state index contributed by atoms with van der Waals surface area (Å²) in [5, 5.41) is 0.167. The lowest BCUT2D eigenvalue weighted by atomic mass is 10.4. The van der Waals surface area contributed by atoms with Crippen molar-refractivity contribution < 1.29 is 8.42 Å². The molecule has 0 saturated heterocycles. The highest BCUT2D eigenvalue weighted by molar-refractivity contribution is 9.10. The van der Waals surface area contributed by atoms with Crippen molar-refractivity contribution >= 4 is 49.0 Å². The monoisotopic (exact) mass is 385 g/mol. The number of hydrogen-bond donors (Lipinski definition) is 1. The summed E-state index contributed by atoms with van der Waals surface area (Å²) < 4.78 is 29.7. The number of imidazole rings is 1. The molecule has 0 atom stereocenters. The number of aromatic nitrogens is 2. The minimum atomic E-state index is -3.78. The molecule has 8 heteroatoms. The van der Waals surface area contributed by atoms with Crippen molar-refractivity contribution in [3.8, 4) is 0 Å². The summed E-state index contributed by atoms with van der Waals surface area (Å²) >= 11 is 9.31. The van der Waals surface area contributed by atoms with Gasteiger partial charge in [-0.25, -0.2) is 13.4 Å². The largest absolute Gasteiger partial charge is 0.285 e. The number of sulfonamides is 1. The third kappa shape index (κ3) is 2.64. The normalized spacial score (nSPS) is 11.7. The van der Waals surface area contributed by atoms with Crippen molar-refractivity contribution in [2.45, 2.75) is 4.90 Å². The molecule has 2 aromatic heterocycles. The van der Waals surface area contributed by atoms with E-state index in [9.17, 15) is 8.42 Å². The molecule has 0 fully saturated rings. The smallest absolute Gasteiger partial charge is 0.264 e. The van der Waals surface area contributed by atoms with E-state index >= 15 is 0 Å².